The molecule has 1 aromatic rings. The van der Waals surface area contributed by atoms with E-state index in [4.69, 9.17) is 4.74 Å². The molecule has 1 aliphatic rings. The van der Waals surface area contributed by atoms with Gasteiger partial charge in [-0.3, -0.25) is 0 Å². The van der Waals surface area contributed by atoms with E-state index in [0.717, 1.165) is 17.6 Å². The average molecular weight is 268 g/mol. The van der Waals surface area contributed by atoms with E-state index in [1.165, 1.54) is 43.4 Å². The second-order valence-electron chi connectivity index (χ2n) is 4.62. The summed E-state index contributed by atoms with van der Waals surface area (Å²) in [5.74, 6) is 0.541. The van der Waals surface area contributed by atoms with Crippen LogP contribution in [0.5, 0.6) is 0 Å². The Bertz CT molecular complexity index is 386. The van der Waals surface area contributed by atoms with Crippen molar-refractivity contribution in [3.05, 3.63) is 11.1 Å². The summed E-state index contributed by atoms with van der Waals surface area (Å²) in [5, 5.41) is 5.85. The Labute approximate surface area is 112 Å². The second-order valence-corrected chi connectivity index (χ2v) is 5.48. The van der Waals surface area contributed by atoms with Crippen LogP contribution >= 0.6 is 11.3 Å². The van der Waals surface area contributed by atoms with E-state index in [-0.39, 0.29) is 5.97 Å². The number of hydrogen-bond donors (Lipinski definition) is 1. The van der Waals surface area contributed by atoms with Crippen LogP contribution in [0.15, 0.2) is 5.38 Å². The standard InChI is InChI=1S/C13H20N2O2S/c1-2-17-12(16)11-9-18-13(15-11)14-8-7-10-5-3-4-6-10/h9-10H,2-8H2,1H3,(H,14,15). The molecule has 0 aliphatic heterocycles. The van der Waals surface area contributed by atoms with Gasteiger partial charge in [0.25, 0.3) is 0 Å². The van der Waals surface area contributed by atoms with Crippen molar-refractivity contribution in [3.63, 3.8) is 0 Å². The van der Waals surface area contributed by atoms with Crippen molar-refractivity contribution in [2.24, 2.45) is 5.92 Å². The molecule has 0 aromatic carbocycles. The van der Waals surface area contributed by atoms with Crippen LogP contribution in [0.1, 0.15) is 49.5 Å². The number of nitrogens with zero attached hydrogens (tertiary/aromatic N) is 1. The van der Waals surface area contributed by atoms with E-state index < -0.39 is 0 Å². The molecule has 1 N–H and O–H groups in total. The smallest absolute Gasteiger partial charge is 0.357 e. The first-order chi connectivity index (χ1) is 8.79. The van der Waals surface area contributed by atoms with Crippen molar-refractivity contribution < 1.29 is 9.53 Å². The number of nitrogens with one attached hydrogen (secondary N) is 1. The lowest BCUT2D eigenvalue weighted by molar-refractivity contribution is 0.0520. The van der Waals surface area contributed by atoms with Gasteiger partial charge in [0.1, 0.15) is 0 Å². The van der Waals surface area contributed by atoms with Gasteiger partial charge in [-0.1, -0.05) is 25.7 Å². The van der Waals surface area contributed by atoms with Gasteiger partial charge in [-0.05, 0) is 19.3 Å². The van der Waals surface area contributed by atoms with Crippen molar-refractivity contribution in [2.75, 3.05) is 18.5 Å². The van der Waals surface area contributed by atoms with Gasteiger partial charge in [-0.25, -0.2) is 9.78 Å². The molecular weight excluding hydrogens is 248 g/mol. The molecule has 1 fully saturated rings. The number of anilines is 1. The lowest BCUT2D eigenvalue weighted by Gasteiger charge is -2.08. The average Bonchev–Trinajstić information content (AvgIpc) is 3.00. The van der Waals surface area contributed by atoms with E-state index in [1.54, 1.807) is 12.3 Å². The zero-order valence-corrected chi connectivity index (χ0v) is 11.6. The molecule has 1 aliphatic carbocycles. The Morgan fingerprint density at radius 2 is 2.33 bits per heavy atom. The van der Waals surface area contributed by atoms with Gasteiger partial charge in [0.15, 0.2) is 10.8 Å². The molecule has 1 heterocycles. The molecular formula is C13H20N2O2S. The van der Waals surface area contributed by atoms with Crippen molar-refractivity contribution in [1.82, 2.24) is 4.98 Å². The summed E-state index contributed by atoms with van der Waals surface area (Å²) >= 11 is 1.46. The molecule has 0 radical (unpaired) electrons. The Morgan fingerprint density at radius 3 is 3.06 bits per heavy atom. The topological polar surface area (TPSA) is 51.2 Å². The summed E-state index contributed by atoms with van der Waals surface area (Å²) in [6, 6.07) is 0. The number of rotatable bonds is 6. The molecule has 0 atom stereocenters. The van der Waals surface area contributed by atoms with Crippen LogP contribution in [-0.2, 0) is 4.74 Å². The van der Waals surface area contributed by atoms with Crippen LogP contribution in [-0.4, -0.2) is 24.1 Å². The van der Waals surface area contributed by atoms with Crippen LogP contribution in [0, 0.1) is 5.92 Å². The summed E-state index contributed by atoms with van der Waals surface area (Å²) in [6.07, 6.45) is 6.71. The minimum atomic E-state index is -0.336. The molecule has 0 bridgehead atoms. The van der Waals surface area contributed by atoms with Gasteiger partial charge in [-0.15, -0.1) is 11.3 Å². The predicted molar refractivity (Wildman–Crippen MR) is 73.1 cm³/mol. The molecule has 0 unspecified atom stereocenters. The van der Waals surface area contributed by atoms with E-state index >= 15 is 0 Å². The molecule has 4 nitrogen and oxygen atoms in total. The highest BCUT2D eigenvalue weighted by molar-refractivity contribution is 7.13. The van der Waals surface area contributed by atoms with Crippen molar-refractivity contribution >= 4 is 22.4 Å². The van der Waals surface area contributed by atoms with E-state index in [1.807, 2.05) is 0 Å². The Morgan fingerprint density at radius 1 is 1.56 bits per heavy atom. The largest absolute Gasteiger partial charge is 0.461 e. The van der Waals surface area contributed by atoms with E-state index in [9.17, 15) is 4.79 Å². The van der Waals surface area contributed by atoms with Crippen LogP contribution in [0.25, 0.3) is 0 Å². The highest BCUT2D eigenvalue weighted by Crippen LogP contribution is 2.27. The highest BCUT2D eigenvalue weighted by Gasteiger charge is 2.15. The molecule has 1 aromatic heterocycles. The molecule has 5 heteroatoms. The van der Waals surface area contributed by atoms with Gasteiger partial charge in [0.2, 0.25) is 0 Å². The maximum absolute atomic E-state index is 11.4. The Balaban J connectivity index is 1.74. The fourth-order valence-corrected chi connectivity index (χ4v) is 3.04. The monoisotopic (exact) mass is 268 g/mol. The lowest BCUT2D eigenvalue weighted by atomic mass is 10.0. The number of thiazole rings is 1. The maximum Gasteiger partial charge on any atom is 0.357 e. The summed E-state index contributed by atoms with van der Waals surface area (Å²) in [5.41, 5.74) is 0.408. The van der Waals surface area contributed by atoms with Crippen LogP contribution < -0.4 is 5.32 Å². The molecule has 1 saturated carbocycles. The fourth-order valence-electron chi connectivity index (χ4n) is 2.34. The first-order valence-corrected chi connectivity index (χ1v) is 7.54. The van der Waals surface area contributed by atoms with Crippen molar-refractivity contribution in [1.29, 1.82) is 0 Å². The summed E-state index contributed by atoms with van der Waals surface area (Å²) < 4.78 is 4.90. The Kier molecular flexibility index (Phi) is 4.99. The van der Waals surface area contributed by atoms with E-state index in [0.29, 0.717) is 12.3 Å². The van der Waals surface area contributed by atoms with E-state index in [2.05, 4.69) is 10.3 Å². The maximum atomic E-state index is 11.4. The van der Waals surface area contributed by atoms with Crippen molar-refractivity contribution in [2.45, 2.75) is 39.0 Å². The molecule has 0 amide bonds. The molecule has 18 heavy (non-hydrogen) atoms. The highest BCUT2D eigenvalue weighted by atomic mass is 32.1. The predicted octanol–water partition coefficient (Wildman–Crippen LogP) is 3.31. The lowest BCUT2D eigenvalue weighted by Crippen LogP contribution is -2.08. The van der Waals surface area contributed by atoms with Crippen molar-refractivity contribution in [3.8, 4) is 0 Å². The SMILES string of the molecule is CCOC(=O)c1csc(NCCC2CCCC2)n1. The zero-order valence-electron chi connectivity index (χ0n) is 10.8. The zero-order chi connectivity index (χ0) is 12.8. The van der Waals surface area contributed by atoms with Crippen LogP contribution in [0.2, 0.25) is 0 Å². The third-order valence-electron chi connectivity index (χ3n) is 3.29. The first-order valence-electron chi connectivity index (χ1n) is 6.66. The summed E-state index contributed by atoms with van der Waals surface area (Å²) in [6.45, 7) is 3.13. The van der Waals surface area contributed by atoms with Gasteiger partial charge in [0.05, 0.1) is 6.61 Å². The molecule has 0 spiro atoms. The van der Waals surface area contributed by atoms with Gasteiger partial charge in [0, 0.05) is 11.9 Å². The third kappa shape index (κ3) is 3.70. The van der Waals surface area contributed by atoms with Crippen LogP contribution in [0.4, 0.5) is 5.13 Å². The molecule has 0 saturated heterocycles. The van der Waals surface area contributed by atoms with Gasteiger partial charge in [-0.2, -0.15) is 0 Å². The summed E-state index contributed by atoms with van der Waals surface area (Å²) in [4.78, 5) is 15.7. The number of hydrogen-bond acceptors (Lipinski definition) is 5. The molecule has 100 valence electrons. The van der Waals surface area contributed by atoms with Gasteiger partial charge >= 0.3 is 5.97 Å². The third-order valence-corrected chi connectivity index (χ3v) is 4.09. The van der Waals surface area contributed by atoms with Gasteiger partial charge < -0.3 is 10.1 Å². The minimum Gasteiger partial charge on any atom is -0.461 e. The first kappa shape index (κ1) is 13.3. The normalized spacial score (nSPS) is 15.8. The number of esters is 1. The minimum absolute atomic E-state index is 0.336. The molecule has 2 rings (SSSR count). The number of aromatic nitrogens is 1. The summed E-state index contributed by atoms with van der Waals surface area (Å²) in [7, 11) is 0. The number of ether oxygens (including phenoxy) is 1. The second kappa shape index (κ2) is 6.73. The quantitative estimate of drug-likeness (QED) is 0.804. The number of carbonyl (C=O) groups is 1. The Hall–Kier alpha value is -1.10. The van der Waals surface area contributed by atoms with Crippen LogP contribution in [0.3, 0.4) is 0 Å². The number of carbonyl (C=O) groups excluding carboxylic acids is 1. The fraction of sp³-hybridized carbons (Fsp3) is 0.692.